The highest BCUT2D eigenvalue weighted by Gasteiger charge is 2.21. The molecule has 140 valence electrons. The molecule has 7 heteroatoms. The number of hydrogen-bond acceptors (Lipinski definition) is 6. The molecule has 0 saturated carbocycles. The molecule has 1 rings (SSSR count). The number of nitro groups is 1. The highest BCUT2D eigenvalue weighted by atomic mass is 16.6. The molecule has 1 aromatic carbocycles. The molecule has 0 N–H and O–H groups in total. The Morgan fingerprint density at radius 1 is 1.12 bits per heavy atom. The Morgan fingerprint density at radius 2 is 1.72 bits per heavy atom. The van der Waals surface area contributed by atoms with Crippen LogP contribution in [0, 0.1) is 22.0 Å². The van der Waals surface area contributed by atoms with Gasteiger partial charge in [-0.3, -0.25) is 14.9 Å². The molecule has 0 saturated heterocycles. The van der Waals surface area contributed by atoms with Crippen molar-refractivity contribution in [1.82, 2.24) is 0 Å². The summed E-state index contributed by atoms with van der Waals surface area (Å²) in [6, 6.07) is 2.74. The first-order valence-electron chi connectivity index (χ1n) is 8.33. The molecule has 0 amide bonds. The first-order valence-corrected chi connectivity index (χ1v) is 8.33. The van der Waals surface area contributed by atoms with E-state index in [1.54, 1.807) is 0 Å². The minimum Gasteiger partial charge on any atom is -0.493 e. The first-order chi connectivity index (χ1) is 11.8. The van der Waals surface area contributed by atoms with Gasteiger partial charge >= 0.3 is 5.97 Å². The van der Waals surface area contributed by atoms with Gasteiger partial charge in [0.1, 0.15) is 6.61 Å². The number of carbonyl (C=O) groups excluding carboxylic acids is 1. The molecule has 1 unspecified atom stereocenters. The second kappa shape index (κ2) is 9.86. The smallest absolute Gasteiger partial charge is 0.306 e. The van der Waals surface area contributed by atoms with Crippen molar-refractivity contribution in [2.75, 3.05) is 14.2 Å². The molecular weight excluding hydrogens is 326 g/mol. The van der Waals surface area contributed by atoms with Crippen molar-refractivity contribution in [1.29, 1.82) is 0 Å². The van der Waals surface area contributed by atoms with Crippen LogP contribution in [-0.2, 0) is 16.1 Å². The summed E-state index contributed by atoms with van der Waals surface area (Å²) < 4.78 is 15.4. The van der Waals surface area contributed by atoms with E-state index >= 15 is 0 Å². The Kier molecular flexibility index (Phi) is 8.18. The topological polar surface area (TPSA) is 87.9 Å². The number of carbonyl (C=O) groups is 1. The summed E-state index contributed by atoms with van der Waals surface area (Å²) >= 11 is 0. The summed E-state index contributed by atoms with van der Waals surface area (Å²) in [5, 5.41) is 11.2. The predicted octanol–water partition coefficient (Wildman–Crippen LogP) is 4.12. The fourth-order valence-corrected chi connectivity index (χ4v) is 2.42. The number of benzene rings is 1. The summed E-state index contributed by atoms with van der Waals surface area (Å²) in [5.74, 6) is 1.06. The number of rotatable bonds is 10. The molecule has 1 atom stereocenters. The third-order valence-corrected chi connectivity index (χ3v) is 3.92. The lowest BCUT2D eigenvalue weighted by Gasteiger charge is -2.13. The van der Waals surface area contributed by atoms with Crippen LogP contribution in [0.2, 0.25) is 0 Å². The Labute approximate surface area is 148 Å². The highest BCUT2D eigenvalue weighted by molar-refractivity contribution is 5.69. The molecular formula is C18H27NO6. The Morgan fingerprint density at radius 3 is 2.24 bits per heavy atom. The molecule has 0 aliphatic carbocycles. The second-order valence-corrected chi connectivity index (χ2v) is 6.53. The van der Waals surface area contributed by atoms with Gasteiger partial charge in [0.15, 0.2) is 11.5 Å². The predicted molar refractivity (Wildman–Crippen MR) is 93.8 cm³/mol. The molecule has 7 nitrogen and oxygen atoms in total. The molecule has 0 radical (unpaired) electrons. The minimum atomic E-state index is -0.531. The number of methoxy groups -OCH3 is 2. The molecule has 0 aliphatic heterocycles. The monoisotopic (exact) mass is 353 g/mol. The maximum absolute atomic E-state index is 12.0. The van der Waals surface area contributed by atoms with Crippen molar-refractivity contribution < 1.29 is 23.9 Å². The normalized spacial score (nSPS) is 11.9. The van der Waals surface area contributed by atoms with Gasteiger partial charge in [-0.05, 0) is 24.3 Å². The van der Waals surface area contributed by atoms with Crippen LogP contribution in [0.15, 0.2) is 12.1 Å². The molecule has 0 heterocycles. The van der Waals surface area contributed by atoms with Crippen LogP contribution in [0.1, 0.15) is 45.6 Å². The van der Waals surface area contributed by atoms with E-state index in [1.807, 2.05) is 6.92 Å². The summed E-state index contributed by atoms with van der Waals surface area (Å²) in [4.78, 5) is 22.7. The van der Waals surface area contributed by atoms with Crippen LogP contribution < -0.4 is 9.47 Å². The molecule has 25 heavy (non-hydrogen) atoms. The van der Waals surface area contributed by atoms with E-state index in [4.69, 9.17) is 14.2 Å². The van der Waals surface area contributed by atoms with Crippen LogP contribution in [0.4, 0.5) is 5.69 Å². The molecule has 0 fully saturated rings. The third-order valence-electron chi connectivity index (χ3n) is 3.92. The largest absolute Gasteiger partial charge is 0.493 e. The van der Waals surface area contributed by atoms with E-state index in [1.165, 1.54) is 26.4 Å². The zero-order valence-corrected chi connectivity index (χ0v) is 15.5. The van der Waals surface area contributed by atoms with Crippen molar-refractivity contribution in [3.05, 3.63) is 27.8 Å². The number of nitro benzene ring substituents is 1. The van der Waals surface area contributed by atoms with Crippen LogP contribution in [0.5, 0.6) is 11.5 Å². The molecule has 0 spiro atoms. The first kappa shape index (κ1) is 20.7. The fourth-order valence-electron chi connectivity index (χ4n) is 2.42. The van der Waals surface area contributed by atoms with E-state index in [0.29, 0.717) is 18.1 Å². The minimum absolute atomic E-state index is 0.168. The van der Waals surface area contributed by atoms with Gasteiger partial charge < -0.3 is 14.2 Å². The van der Waals surface area contributed by atoms with Gasteiger partial charge in [0.25, 0.3) is 5.69 Å². The van der Waals surface area contributed by atoms with Crippen LogP contribution in [0.3, 0.4) is 0 Å². The van der Waals surface area contributed by atoms with Crippen molar-refractivity contribution in [2.45, 2.75) is 46.6 Å². The Hall–Kier alpha value is -2.31. The van der Waals surface area contributed by atoms with Gasteiger partial charge in [-0.1, -0.05) is 27.2 Å². The average Bonchev–Trinajstić information content (AvgIpc) is 2.57. The Bertz CT molecular complexity index is 599. The molecule has 0 aliphatic rings. The number of nitrogens with zero attached hydrogens (tertiary/aromatic N) is 1. The van der Waals surface area contributed by atoms with E-state index in [-0.39, 0.29) is 35.5 Å². The standard InChI is InChI=1S/C18H27NO6/c1-12(2)6-7-13(3)8-18(20)25-11-14-9-16(23-4)17(24-5)10-15(14)19(21)22/h9-10,12-13H,6-8,11H2,1-5H3. The van der Waals surface area contributed by atoms with Gasteiger partial charge in [0.05, 0.1) is 30.8 Å². The Balaban J connectivity index is 2.75. The molecule has 0 bridgehead atoms. The SMILES string of the molecule is COc1cc(COC(=O)CC(C)CCC(C)C)c([N+](=O)[O-])cc1OC. The average molecular weight is 353 g/mol. The second-order valence-electron chi connectivity index (χ2n) is 6.53. The van der Waals surface area contributed by atoms with E-state index in [0.717, 1.165) is 12.8 Å². The van der Waals surface area contributed by atoms with Crippen molar-refractivity contribution in [2.24, 2.45) is 11.8 Å². The maximum atomic E-state index is 12.0. The van der Waals surface area contributed by atoms with Crippen molar-refractivity contribution in [3.8, 4) is 11.5 Å². The molecule has 0 aromatic heterocycles. The number of ether oxygens (including phenoxy) is 3. The lowest BCUT2D eigenvalue weighted by Crippen LogP contribution is -2.11. The third kappa shape index (κ3) is 6.60. The highest BCUT2D eigenvalue weighted by Crippen LogP contribution is 2.34. The van der Waals surface area contributed by atoms with Gasteiger partial charge in [-0.25, -0.2) is 0 Å². The number of esters is 1. The zero-order valence-electron chi connectivity index (χ0n) is 15.5. The fraction of sp³-hybridized carbons (Fsp3) is 0.611. The maximum Gasteiger partial charge on any atom is 0.306 e. The van der Waals surface area contributed by atoms with Crippen LogP contribution in [0.25, 0.3) is 0 Å². The van der Waals surface area contributed by atoms with Gasteiger partial charge in [-0.2, -0.15) is 0 Å². The van der Waals surface area contributed by atoms with Crippen LogP contribution >= 0.6 is 0 Å². The van der Waals surface area contributed by atoms with Crippen molar-refractivity contribution in [3.63, 3.8) is 0 Å². The zero-order chi connectivity index (χ0) is 19.0. The lowest BCUT2D eigenvalue weighted by atomic mass is 9.97. The van der Waals surface area contributed by atoms with E-state index in [9.17, 15) is 14.9 Å². The van der Waals surface area contributed by atoms with Crippen molar-refractivity contribution >= 4 is 11.7 Å². The van der Waals surface area contributed by atoms with Gasteiger partial charge in [0, 0.05) is 6.42 Å². The quantitative estimate of drug-likeness (QED) is 0.357. The lowest BCUT2D eigenvalue weighted by molar-refractivity contribution is -0.385. The van der Waals surface area contributed by atoms with E-state index in [2.05, 4.69) is 13.8 Å². The summed E-state index contributed by atoms with van der Waals surface area (Å²) in [6.45, 7) is 6.11. The van der Waals surface area contributed by atoms with Gasteiger partial charge in [-0.15, -0.1) is 0 Å². The van der Waals surface area contributed by atoms with Gasteiger partial charge in [0.2, 0.25) is 0 Å². The molecule has 1 aromatic rings. The van der Waals surface area contributed by atoms with E-state index < -0.39 is 4.92 Å². The van der Waals surface area contributed by atoms with Crippen LogP contribution in [-0.4, -0.2) is 25.1 Å². The summed E-state index contributed by atoms with van der Waals surface area (Å²) in [6.07, 6.45) is 2.30. The summed E-state index contributed by atoms with van der Waals surface area (Å²) in [5.41, 5.74) is 0.101. The number of hydrogen-bond donors (Lipinski definition) is 0. The summed E-state index contributed by atoms with van der Waals surface area (Å²) in [7, 11) is 2.84.